The van der Waals surface area contributed by atoms with Crippen molar-refractivity contribution in [2.24, 2.45) is 0 Å². The summed E-state index contributed by atoms with van der Waals surface area (Å²) in [7, 11) is 4.00. The number of anilines is 1. The van der Waals surface area contributed by atoms with Crippen molar-refractivity contribution in [2.45, 2.75) is 25.2 Å². The van der Waals surface area contributed by atoms with Crippen LogP contribution in [0.15, 0.2) is 36.7 Å². The van der Waals surface area contributed by atoms with Crippen LogP contribution >= 0.6 is 0 Å². The number of imidazole rings is 1. The van der Waals surface area contributed by atoms with Crippen molar-refractivity contribution in [3.05, 3.63) is 42.5 Å². The van der Waals surface area contributed by atoms with Gasteiger partial charge < -0.3 is 15.0 Å². The first kappa shape index (κ1) is 15.3. The third-order valence-corrected chi connectivity index (χ3v) is 5.35. The highest BCUT2D eigenvalue weighted by Gasteiger charge is 2.28. The third kappa shape index (κ3) is 2.11. The first-order chi connectivity index (χ1) is 12.6. The molecule has 5 rings (SSSR count). The summed E-state index contributed by atoms with van der Waals surface area (Å²) in [5.74, 6) is 2.76. The molecule has 26 heavy (non-hydrogen) atoms. The van der Waals surface area contributed by atoms with E-state index in [1.165, 1.54) is 19.3 Å². The third-order valence-electron chi connectivity index (χ3n) is 5.35. The molecule has 0 spiro atoms. The Morgan fingerprint density at radius 1 is 1.27 bits per heavy atom. The van der Waals surface area contributed by atoms with E-state index in [-0.39, 0.29) is 5.75 Å². The first-order valence-electron chi connectivity index (χ1n) is 8.99. The molecule has 3 heterocycles. The molecule has 0 saturated heterocycles. The van der Waals surface area contributed by atoms with Crippen LogP contribution in [-0.4, -0.2) is 38.6 Å². The summed E-state index contributed by atoms with van der Waals surface area (Å²) >= 11 is 0. The molecular weight excluding hydrogens is 326 g/mol. The number of nitrogens with zero attached hydrogens (tertiary/aromatic N) is 4. The Balaban J connectivity index is 1.81. The molecule has 1 saturated carbocycles. The van der Waals surface area contributed by atoms with Crippen LogP contribution in [0, 0.1) is 0 Å². The Morgan fingerprint density at radius 2 is 2.12 bits per heavy atom. The van der Waals surface area contributed by atoms with Gasteiger partial charge in [0.05, 0.1) is 11.2 Å². The normalized spacial score (nSPS) is 14.8. The fourth-order valence-corrected chi connectivity index (χ4v) is 3.78. The van der Waals surface area contributed by atoms with E-state index in [9.17, 15) is 5.11 Å². The monoisotopic (exact) mass is 347 g/mol. The minimum atomic E-state index is 0.252. The van der Waals surface area contributed by atoms with E-state index in [2.05, 4.69) is 14.4 Å². The number of hydrogen-bond donors (Lipinski definition) is 2. The van der Waals surface area contributed by atoms with Crippen LogP contribution in [0.1, 0.15) is 31.0 Å². The van der Waals surface area contributed by atoms with E-state index < -0.39 is 0 Å². The zero-order chi connectivity index (χ0) is 17.8. The van der Waals surface area contributed by atoms with E-state index in [0.29, 0.717) is 5.92 Å². The second-order valence-corrected chi connectivity index (χ2v) is 7.23. The molecular formula is C20H21N5O. The molecule has 0 amide bonds. The number of aromatic hydroxyl groups is 1. The number of aromatic amines is 1. The number of phenolic OH excluding ortho intramolecular Hbond substituents is 1. The second-order valence-electron chi connectivity index (χ2n) is 7.23. The van der Waals surface area contributed by atoms with Crippen LogP contribution in [0.3, 0.4) is 0 Å². The highest BCUT2D eigenvalue weighted by molar-refractivity contribution is 5.94. The summed E-state index contributed by atoms with van der Waals surface area (Å²) < 4.78 is 2.19. The maximum absolute atomic E-state index is 10.2. The Morgan fingerprint density at radius 3 is 2.81 bits per heavy atom. The molecule has 0 unspecified atom stereocenters. The van der Waals surface area contributed by atoms with Crippen molar-refractivity contribution in [3.8, 4) is 17.1 Å². The summed E-state index contributed by atoms with van der Waals surface area (Å²) in [6.45, 7) is 0. The van der Waals surface area contributed by atoms with Gasteiger partial charge in [-0.3, -0.25) is 4.40 Å². The number of phenols is 1. The van der Waals surface area contributed by atoms with E-state index in [1.54, 1.807) is 6.07 Å². The predicted molar refractivity (Wildman–Crippen MR) is 103 cm³/mol. The van der Waals surface area contributed by atoms with Crippen molar-refractivity contribution >= 4 is 22.2 Å². The molecule has 0 aliphatic heterocycles. The average molecular weight is 347 g/mol. The number of rotatable bonds is 3. The number of fused-ring (bicyclic) bond motifs is 2. The van der Waals surface area contributed by atoms with E-state index in [0.717, 1.165) is 39.4 Å². The number of H-pyrrole nitrogens is 1. The van der Waals surface area contributed by atoms with Crippen LogP contribution in [0.25, 0.3) is 27.8 Å². The van der Waals surface area contributed by atoms with Crippen LogP contribution in [-0.2, 0) is 0 Å². The smallest absolute Gasteiger partial charge is 0.154 e. The molecule has 1 fully saturated rings. The minimum Gasteiger partial charge on any atom is -0.506 e. The van der Waals surface area contributed by atoms with Gasteiger partial charge in [0.15, 0.2) is 5.82 Å². The largest absolute Gasteiger partial charge is 0.506 e. The van der Waals surface area contributed by atoms with Gasteiger partial charge in [-0.15, -0.1) is 0 Å². The van der Waals surface area contributed by atoms with Gasteiger partial charge in [0, 0.05) is 37.8 Å². The predicted octanol–water partition coefficient (Wildman–Crippen LogP) is 3.92. The maximum atomic E-state index is 10.2. The molecule has 6 nitrogen and oxygen atoms in total. The number of para-hydroxylation sites is 1. The lowest BCUT2D eigenvalue weighted by atomic mass is 9.85. The molecule has 6 heteroatoms. The van der Waals surface area contributed by atoms with Gasteiger partial charge in [0.2, 0.25) is 0 Å². The van der Waals surface area contributed by atoms with Crippen molar-refractivity contribution < 1.29 is 5.11 Å². The topological polar surface area (TPSA) is 69.5 Å². The lowest BCUT2D eigenvalue weighted by Gasteiger charge is -2.24. The van der Waals surface area contributed by atoms with Crippen LogP contribution in [0.2, 0.25) is 0 Å². The molecule has 1 aliphatic rings. The molecule has 4 aromatic rings. The fourth-order valence-electron chi connectivity index (χ4n) is 3.78. The summed E-state index contributed by atoms with van der Waals surface area (Å²) in [6.07, 6.45) is 7.48. The molecule has 0 radical (unpaired) electrons. The van der Waals surface area contributed by atoms with Crippen LogP contribution in [0.4, 0.5) is 5.82 Å². The lowest BCUT2D eigenvalue weighted by molar-refractivity contribution is 0.400. The Hall–Kier alpha value is -3.02. The molecule has 132 valence electrons. The molecule has 0 atom stereocenters. The summed E-state index contributed by atoms with van der Waals surface area (Å²) in [6, 6.07) is 7.59. The molecule has 1 aliphatic carbocycles. The van der Waals surface area contributed by atoms with Gasteiger partial charge in [0.25, 0.3) is 0 Å². The van der Waals surface area contributed by atoms with Crippen LogP contribution in [0.5, 0.6) is 5.75 Å². The van der Waals surface area contributed by atoms with Gasteiger partial charge in [-0.25, -0.2) is 9.97 Å². The van der Waals surface area contributed by atoms with Crippen molar-refractivity contribution in [3.63, 3.8) is 0 Å². The highest BCUT2D eigenvalue weighted by atomic mass is 16.3. The summed E-state index contributed by atoms with van der Waals surface area (Å²) in [4.78, 5) is 15.0. The second kappa shape index (κ2) is 5.49. The summed E-state index contributed by atoms with van der Waals surface area (Å²) in [5, 5.41) is 11.1. The number of nitrogens with one attached hydrogen (secondary N) is 1. The molecule has 2 N–H and O–H groups in total. The SMILES string of the molecule is CN(C)c1nccn2c(C3CCC3)nc(-c3cc4cccc(O)c4[nH]3)c12. The van der Waals surface area contributed by atoms with Crippen molar-refractivity contribution in [1.82, 2.24) is 19.4 Å². The van der Waals surface area contributed by atoms with Gasteiger partial charge >= 0.3 is 0 Å². The highest BCUT2D eigenvalue weighted by Crippen LogP contribution is 2.40. The molecule has 1 aromatic carbocycles. The minimum absolute atomic E-state index is 0.252. The van der Waals surface area contributed by atoms with Crippen LogP contribution < -0.4 is 4.90 Å². The Kier molecular flexibility index (Phi) is 3.22. The van der Waals surface area contributed by atoms with E-state index in [4.69, 9.17) is 4.98 Å². The van der Waals surface area contributed by atoms with Gasteiger partial charge in [-0.2, -0.15) is 0 Å². The standard InChI is InChI=1S/C20H21N5O/c1-24(2)20-18-17(14-11-13-7-4-8-15(26)16(13)22-14)23-19(12-5-3-6-12)25(18)10-9-21-20/h4,7-12,22,26H,3,5-6H2,1-2H3. The van der Waals surface area contributed by atoms with E-state index >= 15 is 0 Å². The van der Waals surface area contributed by atoms with E-state index in [1.807, 2.05) is 49.6 Å². The summed E-state index contributed by atoms with van der Waals surface area (Å²) in [5.41, 5.74) is 3.54. The van der Waals surface area contributed by atoms with Gasteiger partial charge in [0.1, 0.15) is 22.8 Å². The zero-order valence-electron chi connectivity index (χ0n) is 14.9. The van der Waals surface area contributed by atoms with Gasteiger partial charge in [-0.05, 0) is 25.0 Å². The van der Waals surface area contributed by atoms with Crippen molar-refractivity contribution in [1.29, 1.82) is 0 Å². The quantitative estimate of drug-likeness (QED) is 0.589. The number of hydrogen-bond acceptors (Lipinski definition) is 4. The Labute approximate surface area is 151 Å². The van der Waals surface area contributed by atoms with Crippen molar-refractivity contribution in [2.75, 3.05) is 19.0 Å². The lowest BCUT2D eigenvalue weighted by Crippen LogP contribution is -2.14. The fraction of sp³-hybridized carbons (Fsp3) is 0.300. The Bertz CT molecular complexity index is 1120. The molecule has 3 aromatic heterocycles. The maximum Gasteiger partial charge on any atom is 0.154 e. The first-order valence-corrected chi connectivity index (χ1v) is 8.99. The average Bonchev–Trinajstić information content (AvgIpc) is 3.16. The number of benzene rings is 1. The zero-order valence-corrected chi connectivity index (χ0v) is 14.9. The van der Waals surface area contributed by atoms with Gasteiger partial charge in [-0.1, -0.05) is 18.6 Å². The molecule has 0 bridgehead atoms. The number of aromatic nitrogens is 4.